The maximum atomic E-state index is 11.7. The normalized spacial score (nSPS) is 10.9. The Bertz CT molecular complexity index is 758. The van der Waals surface area contributed by atoms with Crippen LogP contribution in [0.3, 0.4) is 0 Å². The lowest BCUT2D eigenvalue weighted by Gasteiger charge is -2.17. The lowest BCUT2D eigenvalue weighted by molar-refractivity contribution is 0.0697. The zero-order valence-corrected chi connectivity index (χ0v) is 18.3. The Kier molecular flexibility index (Phi) is 5.91. The lowest BCUT2D eigenvalue weighted by atomic mass is 9.94. The summed E-state index contributed by atoms with van der Waals surface area (Å²) in [6, 6.07) is 0. The fraction of sp³-hybridized carbons (Fsp3) is 0.214. The van der Waals surface area contributed by atoms with Crippen LogP contribution in [0.1, 0.15) is 21.5 Å². The number of rotatable bonds is 3. The van der Waals surface area contributed by atoms with Crippen molar-refractivity contribution < 1.29 is 14.6 Å². The summed E-state index contributed by atoms with van der Waals surface area (Å²) in [4.78, 5) is 11.7. The van der Waals surface area contributed by atoms with Crippen LogP contribution in [0.5, 0.6) is 5.75 Å². The summed E-state index contributed by atoms with van der Waals surface area (Å²) in [5, 5.41) is 10.4. The van der Waals surface area contributed by atoms with E-state index in [0.717, 1.165) is 22.5 Å². The van der Waals surface area contributed by atoms with Crippen molar-refractivity contribution in [3.63, 3.8) is 0 Å². The summed E-state index contributed by atoms with van der Waals surface area (Å²) in [6.45, 7) is 3.69. The van der Waals surface area contributed by atoms with E-state index in [-0.39, 0.29) is 0 Å². The number of carboxylic acids is 1. The fourth-order valence-electron chi connectivity index (χ4n) is 2.28. The van der Waals surface area contributed by atoms with E-state index < -0.39 is 5.97 Å². The van der Waals surface area contributed by atoms with Crippen molar-refractivity contribution in [2.24, 2.45) is 0 Å². The van der Waals surface area contributed by atoms with Gasteiger partial charge >= 0.3 is 5.97 Å². The second kappa shape index (κ2) is 7.00. The van der Waals surface area contributed by atoms with Crippen LogP contribution >= 0.6 is 79.7 Å². The highest BCUT2D eigenvalue weighted by Gasteiger charge is 2.27. The van der Waals surface area contributed by atoms with E-state index in [4.69, 9.17) is 27.9 Å². The molecule has 0 aliphatic heterocycles. The lowest BCUT2D eigenvalue weighted by Crippen LogP contribution is -2.03. The van der Waals surface area contributed by atoms with Crippen LogP contribution in [0.2, 0.25) is 10.0 Å². The van der Waals surface area contributed by atoms with Crippen LogP contribution in [0.25, 0.3) is 11.1 Å². The molecule has 0 saturated carbocycles. The van der Waals surface area contributed by atoms with E-state index in [9.17, 15) is 9.90 Å². The molecule has 0 radical (unpaired) electrons. The van der Waals surface area contributed by atoms with Gasteiger partial charge in [0.15, 0.2) is 5.75 Å². The largest absolute Gasteiger partial charge is 0.494 e. The van der Waals surface area contributed by atoms with E-state index in [1.807, 2.05) is 36.4 Å². The first-order valence-corrected chi connectivity index (χ1v) is 9.68. The molecule has 0 unspecified atom stereocenters. The van der Waals surface area contributed by atoms with Crippen molar-refractivity contribution in [3.8, 4) is 16.9 Å². The Morgan fingerprint density at radius 1 is 1.09 bits per heavy atom. The number of methoxy groups -OCH3 is 1. The van der Waals surface area contributed by atoms with Crippen molar-refractivity contribution in [3.05, 3.63) is 32.5 Å². The number of halogens is 4. The highest BCUT2D eigenvalue weighted by molar-refractivity contribution is 14.1. The summed E-state index contributed by atoms with van der Waals surface area (Å²) in [7, 11) is 1.51. The molecule has 1 N–H and O–H groups in total. The van der Waals surface area contributed by atoms with Gasteiger partial charge in [0.05, 0.1) is 28.5 Å². The minimum Gasteiger partial charge on any atom is -0.494 e. The van der Waals surface area contributed by atoms with E-state index in [1.54, 1.807) is 0 Å². The van der Waals surface area contributed by atoms with Gasteiger partial charge in [0, 0.05) is 5.56 Å². The smallest absolute Gasteiger partial charge is 0.338 e. The van der Waals surface area contributed by atoms with Crippen LogP contribution in [-0.4, -0.2) is 18.2 Å². The van der Waals surface area contributed by atoms with Crippen LogP contribution in [0, 0.1) is 19.6 Å². The van der Waals surface area contributed by atoms with Gasteiger partial charge < -0.3 is 9.84 Å². The third kappa shape index (κ3) is 2.97. The van der Waals surface area contributed by atoms with Crippen LogP contribution in [0.15, 0.2) is 0 Å². The standard InChI is InChI=1S/C14H10Cl2I2O3S/c1-4-6(5(2)10(16)11(21-3)9(4)15)7-8(14(19)20)13(18)22-12(7)17/h1-3H3,(H,19,20). The Morgan fingerprint density at radius 2 is 1.59 bits per heavy atom. The first kappa shape index (κ1) is 18.6. The average Bonchev–Trinajstić information content (AvgIpc) is 2.73. The van der Waals surface area contributed by atoms with Crippen LogP contribution < -0.4 is 4.74 Å². The Hall–Kier alpha value is 0.230. The summed E-state index contributed by atoms with van der Waals surface area (Å²) >= 11 is 18.3. The minimum absolute atomic E-state index is 0.290. The number of ether oxygens (including phenoxy) is 1. The van der Waals surface area contributed by atoms with Crippen LogP contribution in [-0.2, 0) is 0 Å². The topological polar surface area (TPSA) is 46.5 Å². The second-order valence-electron chi connectivity index (χ2n) is 4.49. The summed E-state index contributed by atoms with van der Waals surface area (Å²) in [5.41, 5.74) is 3.24. The van der Waals surface area contributed by atoms with Gasteiger partial charge in [0.2, 0.25) is 0 Å². The number of thiophene rings is 1. The molecule has 22 heavy (non-hydrogen) atoms. The summed E-state index contributed by atoms with van der Waals surface area (Å²) in [5.74, 6) is -0.542. The molecule has 1 heterocycles. The van der Waals surface area contributed by atoms with Crippen molar-refractivity contribution in [1.29, 1.82) is 0 Å². The highest BCUT2D eigenvalue weighted by atomic mass is 127. The molecule has 118 valence electrons. The van der Waals surface area contributed by atoms with Gasteiger partial charge in [-0.25, -0.2) is 4.79 Å². The zero-order chi connectivity index (χ0) is 16.8. The third-order valence-corrected chi connectivity index (χ3v) is 7.37. The first-order valence-electron chi connectivity index (χ1n) is 5.95. The molecule has 0 bridgehead atoms. The number of benzene rings is 1. The molecule has 3 nitrogen and oxygen atoms in total. The van der Waals surface area contributed by atoms with Gasteiger partial charge in [-0.1, -0.05) is 23.2 Å². The molecule has 0 saturated heterocycles. The second-order valence-corrected chi connectivity index (χ2v) is 9.89. The molecular weight excluding hydrogens is 573 g/mol. The first-order chi connectivity index (χ1) is 10.2. The SMILES string of the molecule is COc1c(Cl)c(C)c(-c2c(I)sc(I)c2C(=O)O)c(C)c1Cl. The van der Waals surface area contributed by atoms with Gasteiger partial charge in [-0.3, -0.25) is 0 Å². The molecule has 8 heteroatoms. The molecule has 0 amide bonds. The van der Waals surface area contributed by atoms with E-state index in [1.165, 1.54) is 18.4 Å². The van der Waals surface area contributed by atoms with Gasteiger partial charge in [-0.15, -0.1) is 11.3 Å². The zero-order valence-electron chi connectivity index (χ0n) is 11.7. The van der Waals surface area contributed by atoms with E-state index in [2.05, 4.69) is 22.6 Å². The van der Waals surface area contributed by atoms with Gasteiger partial charge in [0.25, 0.3) is 0 Å². The van der Waals surface area contributed by atoms with Crippen molar-refractivity contribution >= 4 is 85.7 Å². The molecule has 0 aliphatic rings. The maximum absolute atomic E-state index is 11.7. The molecule has 2 aromatic rings. The predicted molar refractivity (Wildman–Crippen MR) is 108 cm³/mol. The number of hydrogen-bond acceptors (Lipinski definition) is 3. The van der Waals surface area contributed by atoms with Crippen LogP contribution in [0.4, 0.5) is 0 Å². The minimum atomic E-state index is -0.958. The van der Waals surface area contributed by atoms with Crippen molar-refractivity contribution in [2.75, 3.05) is 7.11 Å². The monoisotopic (exact) mass is 582 g/mol. The predicted octanol–water partition coefficient (Wildman–Crippen LogP) is 6.25. The quantitative estimate of drug-likeness (QED) is 0.435. The summed E-state index contributed by atoms with van der Waals surface area (Å²) < 4.78 is 6.88. The van der Waals surface area contributed by atoms with Gasteiger partial charge in [-0.05, 0) is 75.7 Å². The highest BCUT2D eigenvalue weighted by Crippen LogP contribution is 2.48. The summed E-state index contributed by atoms with van der Waals surface area (Å²) in [6.07, 6.45) is 0. The van der Waals surface area contributed by atoms with Gasteiger partial charge in [-0.2, -0.15) is 0 Å². The molecular formula is C14H10Cl2I2O3S. The molecule has 0 spiro atoms. The van der Waals surface area contributed by atoms with Gasteiger partial charge in [0.1, 0.15) is 0 Å². The molecule has 2 rings (SSSR count). The van der Waals surface area contributed by atoms with Crippen molar-refractivity contribution in [1.82, 2.24) is 0 Å². The number of hydrogen-bond donors (Lipinski definition) is 1. The van der Waals surface area contributed by atoms with E-state index in [0.29, 0.717) is 26.9 Å². The number of aromatic carboxylic acids is 1. The molecule has 0 fully saturated rings. The Labute approximate surface area is 169 Å². The molecule has 1 aromatic carbocycles. The molecule has 1 aromatic heterocycles. The number of carboxylic acid groups (broad SMARTS) is 1. The third-order valence-electron chi connectivity index (χ3n) is 3.30. The Balaban J connectivity index is 2.94. The molecule has 0 aliphatic carbocycles. The average molecular weight is 583 g/mol. The van der Waals surface area contributed by atoms with Crippen molar-refractivity contribution in [2.45, 2.75) is 13.8 Å². The number of carbonyl (C=O) groups is 1. The Morgan fingerprint density at radius 3 is 2.00 bits per heavy atom. The molecule has 0 atom stereocenters. The van der Waals surface area contributed by atoms with E-state index >= 15 is 0 Å². The fourth-order valence-corrected chi connectivity index (χ4v) is 7.24. The maximum Gasteiger partial charge on any atom is 0.338 e.